The molecule has 0 atom stereocenters. The zero-order chi connectivity index (χ0) is 14.0. The Kier molecular flexibility index (Phi) is 3.76. The Hall–Kier alpha value is -2.01. The predicted molar refractivity (Wildman–Crippen MR) is 81.5 cm³/mol. The fourth-order valence-corrected chi connectivity index (χ4v) is 2.14. The topological polar surface area (TPSA) is 81.1 Å². The van der Waals surface area contributed by atoms with Crippen LogP contribution in [0.1, 0.15) is 15.9 Å². The summed E-state index contributed by atoms with van der Waals surface area (Å²) >= 11 is 3.51. The van der Waals surface area contributed by atoms with E-state index in [-0.39, 0.29) is 0 Å². The number of halogens is 1. The van der Waals surface area contributed by atoms with E-state index in [4.69, 9.17) is 11.5 Å². The largest absolute Gasteiger partial charge is 0.396 e. The van der Waals surface area contributed by atoms with Gasteiger partial charge in [-0.2, -0.15) is 0 Å². The second kappa shape index (κ2) is 5.32. The van der Waals surface area contributed by atoms with Crippen LogP contribution in [0, 0.1) is 6.92 Å². The molecule has 0 radical (unpaired) electrons. The van der Waals surface area contributed by atoms with Crippen molar-refractivity contribution >= 4 is 38.9 Å². The van der Waals surface area contributed by atoms with Gasteiger partial charge in [-0.15, -0.1) is 0 Å². The molecule has 0 heterocycles. The van der Waals surface area contributed by atoms with Gasteiger partial charge in [0, 0.05) is 4.47 Å². The second-order valence-corrected chi connectivity index (χ2v) is 4.99. The highest BCUT2D eigenvalue weighted by Gasteiger charge is 2.10. The monoisotopic (exact) mass is 319 g/mol. The number of nitrogens with one attached hydrogen (secondary N) is 1. The summed E-state index contributed by atoms with van der Waals surface area (Å²) in [6.07, 6.45) is 0. The summed E-state index contributed by atoms with van der Waals surface area (Å²) in [4.78, 5) is 11.3. The number of anilines is 3. The number of primary amides is 1. The van der Waals surface area contributed by atoms with Gasteiger partial charge in [-0.05, 0) is 46.6 Å². The molecule has 5 heteroatoms. The molecule has 0 aromatic heterocycles. The van der Waals surface area contributed by atoms with Crippen molar-refractivity contribution in [2.24, 2.45) is 5.73 Å². The molecule has 19 heavy (non-hydrogen) atoms. The minimum atomic E-state index is -0.538. The fraction of sp³-hybridized carbons (Fsp3) is 0.0714. The lowest BCUT2D eigenvalue weighted by atomic mass is 10.1. The standard InChI is InChI=1S/C14H14BrN3O/c1-8-4-2-6-10(12(8)15)18-11-7-3-5-9(13(11)16)14(17)19/h2-7,18H,16H2,1H3,(H2,17,19). The van der Waals surface area contributed by atoms with Gasteiger partial charge in [0.1, 0.15) is 0 Å². The maximum absolute atomic E-state index is 11.3. The van der Waals surface area contributed by atoms with Crippen molar-refractivity contribution in [1.82, 2.24) is 0 Å². The molecule has 2 aromatic rings. The summed E-state index contributed by atoms with van der Waals surface area (Å²) in [5, 5.41) is 3.20. The molecule has 5 N–H and O–H groups in total. The molecule has 2 aromatic carbocycles. The molecular weight excluding hydrogens is 306 g/mol. The molecule has 0 aliphatic carbocycles. The zero-order valence-corrected chi connectivity index (χ0v) is 12.0. The van der Waals surface area contributed by atoms with Crippen molar-refractivity contribution in [1.29, 1.82) is 0 Å². The van der Waals surface area contributed by atoms with Gasteiger partial charge in [-0.25, -0.2) is 0 Å². The molecule has 0 saturated heterocycles. The smallest absolute Gasteiger partial charge is 0.250 e. The number of benzene rings is 2. The van der Waals surface area contributed by atoms with Crippen LogP contribution in [0.2, 0.25) is 0 Å². The quantitative estimate of drug-likeness (QED) is 0.760. The maximum Gasteiger partial charge on any atom is 0.250 e. The third-order valence-corrected chi connectivity index (χ3v) is 3.89. The lowest BCUT2D eigenvalue weighted by molar-refractivity contribution is 0.100. The van der Waals surface area contributed by atoms with Crippen LogP contribution in [0.25, 0.3) is 0 Å². The van der Waals surface area contributed by atoms with Gasteiger partial charge in [0.25, 0.3) is 5.91 Å². The Labute approximate surface area is 119 Å². The molecule has 0 aliphatic rings. The van der Waals surface area contributed by atoms with Crippen molar-refractivity contribution in [2.75, 3.05) is 11.1 Å². The van der Waals surface area contributed by atoms with E-state index in [1.165, 1.54) is 0 Å². The normalized spacial score (nSPS) is 10.2. The average molecular weight is 320 g/mol. The van der Waals surface area contributed by atoms with Crippen molar-refractivity contribution in [3.8, 4) is 0 Å². The average Bonchev–Trinajstić information content (AvgIpc) is 2.37. The van der Waals surface area contributed by atoms with Crippen molar-refractivity contribution < 1.29 is 4.79 Å². The molecule has 0 saturated carbocycles. The first-order valence-corrected chi connectivity index (χ1v) is 6.50. The van der Waals surface area contributed by atoms with Crippen molar-refractivity contribution in [2.45, 2.75) is 6.92 Å². The van der Waals surface area contributed by atoms with Crippen molar-refractivity contribution in [3.63, 3.8) is 0 Å². The summed E-state index contributed by atoms with van der Waals surface area (Å²) in [6, 6.07) is 11.0. The highest BCUT2D eigenvalue weighted by Crippen LogP contribution is 2.31. The van der Waals surface area contributed by atoms with Gasteiger partial charge < -0.3 is 16.8 Å². The lowest BCUT2D eigenvalue weighted by Gasteiger charge is -2.13. The summed E-state index contributed by atoms with van der Waals surface area (Å²) in [5.41, 5.74) is 14.5. The van der Waals surface area contributed by atoms with E-state index in [9.17, 15) is 4.79 Å². The van der Waals surface area contributed by atoms with Crippen molar-refractivity contribution in [3.05, 3.63) is 52.0 Å². The van der Waals surface area contributed by atoms with Crippen LogP contribution in [0.15, 0.2) is 40.9 Å². The van der Waals surface area contributed by atoms with Crippen LogP contribution in [-0.2, 0) is 0 Å². The van der Waals surface area contributed by atoms with Gasteiger partial charge in [-0.3, -0.25) is 4.79 Å². The van der Waals surface area contributed by atoms with E-state index in [1.807, 2.05) is 25.1 Å². The SMILES string of the molecule is Cc1cccc(Nc2cccc(C(N)=O)c2N)c1Br. The summed E-state index contributed by atoms with van der Waals surface area (Å²) in [5.74, 6) is -0.538. The number of para-hydroxylation sites is 1. The van der Waals surface area contributed by atoms with Crippen LogP contribution in [0.4, 0.5) is 17.1 Å². The number of amides is 1. The molecular formula is C14H14BrN3O. The zero-order valence-electron chi connectivity index (χ0n) is 10.4. The molecule has 0 bridgehead atoms. The van der Waals surface area contributed by atoms with Gasteiger partial charge in [-0.1, -0.05) is 18.2 Å². The molecule has 0 spiro atoms. The van der Waals surface area contributed by atoms with E-state index in [1.54, 1.807) is 18.2 Å². The Balaban J connectivity index is 2.42. The molecule has 4 nitrogen and oxygen atoms in total. The van der Waals surface area contributed by atoms with Crippen LogP contribution < -0.4 is 16.8 Å². The van der Waals surface area contributed by atoms with Crippen LogP contribution in [0.5, 0.6) is 0 Å². The Morgan fingerprint density at radius 3 is 2.47 bits per heavy atom. The lowest BCUT2D eigenvalue weighted by Crippen LogP contribution is -2.14. The summed E-state index contributed by atoms with van der Waals surface area (Å²) in [6.45, 7) is 2.00. The first kappa shape index (κ1) is 13.4. The van der Waals surface area contributed by atoms with E-state index in [0.717, 1.165) is 15.7 Å². The maximum atomic E-state index is 11.3. The Morgan fingerprint density at radius 1 is 1.16 bits per heavy atom. The van der Waals surface area contributed by atoms with Gasteiger partial charge >= 0.3 is 0 Å². The Morgan fingerprint density at radius 2 is 1.79 bits per heavy atom. The molecule has 0 aliphatic heterocycles. The van der Waals surface area contributed by atoms with Crippen LogP contribution >= 0.6 is 15.9 Å². The number of nitrogens with two attached hydrogens (primary N) is 2. The third-order valence-electron chi connectivity index (χ3n) is 2.83. The number of aryl methyl sites for hydroxylation is 1. The molecule has 0 unspecified atom stereocenters. The predicted octanol–water partition coefficient (Wildman–Crippen LogP) is 3.18. The number of carbonyl (C=O) groups is 1. The van der Waals surface area contributed by atoms with E-state index >= 15 is 0 Å². The summed E-state index contributed by atoms with van der Waals surface area (Å²) < 4.78 is 0.957. The number of hydrogen-bond donors (Lipinski definition) is 3. The van der Waals surface area contributed by atoms with Gasteiger partial charge in [0.05, 0.1) is 22.6 Å². The highest BCUT2D eigenvalue weighted by molar-refractivity contribution is 9.10. The Bertz CT molecular complexity index is 641. The fourth-order valence-electron chi connectivity index (χ4n) is 1.78. The molecule has 98 valence electrons. The second-order valence-electron chi connectivity index (χ2n) is 4.19. The van der Waals surface area contributed by atoms with Crippen LogP contribution in [0.3, 0.4) is 0 Å². The van der Waals surface area contributed by atoms with Crippen LogP contribution in [-0.4, -0.2) is 5.91 Å². The molecule has 2 rings (SSSR count). The number of nitrogen functional groups attached to an aromatic ring is 1. The minimum absolute atomic E-state index is 0.314. The molecule has 1 amide bonds. The third kappa shape index (κ3) is 2.71. The minimum Gasteiger partial charge on any atom is -0.396 e. The first-order chi connectivity index (χ1) is 9.00. The van der Waals surface area contributed by atoms with Gasteiger partial charge in [0.2, 0.25) is 0 Å². The number of hydrogen-bond acceptors (Lipinski definition) is 3. The molecule has 0 fully saturated rings. The summed E-state index contributed by atoms with van der Waals surface area (Å²) in [7, 11) is 0. The first-order valence-electron chi connectivity index (χ1n) is 5.71. The van der Waals surface area contributed by atoms with E-state index in [2.05, 4.69) is 21.2 Å². The number of carbonyl (C=O) groups excluding carboxylic acids is 1. The van der Waals surface area contributed by atoms with Gasteiger partial charge in [0.15, 0.2) is 0 Å². The van der Waals surface area contributed by atoms with E-state index in [0.29, 0.717) is 16.9 Å². The van der Waals surface area contributed by atoms with E-state index < -0.39 is 5.91 Å². The highest BCUT2D eigenvalue weighted by atomic mass is 79.9. The number of rotatable bonds is 3.